The van der Waals surface area contributed by atoms with Crippen LogP contribution in [-0.4, -0.2) is 33.7 Å². The van der Waals surface area contributed by atoms with Gasteiger partial charge in [0.05, 0.1) is 18.8 Å². The zero-order valence-electron chi connectivity index (χ0n) is 11.7. The van der Waals surface area contributed by atoms with Crippen molar-refractivity contribution in [1.82, 2.24) is 14.7 Å². The number of guanidine groups is 1. The van der Waals surface area contributed by atoms with Crippen molar-refractivity contribution in [2.75, 3.05) is 13.1 Å². The van der Waals surface area contributed by atoms with Crippen LogP contribution in [0.2, 0.25) is 0 Å². The highest BCUT2D eigenvalue weighted by molar-refractivity contribution is 5.80. The average molecular weight is 249 g/mol. The van der Waals surface area contributed by atoms with Gasteiger partial charge >= 0.3 is 0 Å². The van der Waals surface area contributed by atoms with E-state index in [1.54, 1.807) is 0 Å². The lowest BCUT2D eigenvalue weighted by Crippen LogP contribution is -2.38. The Morgan fingerprint density at radius 1 is 1.39 bits per heavy atom. The summed E-state index contributed by atoms with van der Waals surface area (Å²) >= 11 is 0. The summed E-state index contributed by atoms with van der Waals surface area (Å²) in [6, 6.07) is 0.636. The largest absolute Gasteiger partial charge is 0.370 e. The third-order valence-electron chi connectivity index (χ3n) is 3.19. The molecule has 1 aliphatic heterocycles. The molecule has 2 heterocycles. The molecular formula is C13H23N5. The van der Waals surface area contributed by atoms with E-state index in [9.17, 15) is 0 Å². The van der Waals surface area contributed by atoms with Gasteiger partial charge in [-0.15, -0.1) is 0 Å². The Balaban J connectivity index is 2.16. The molecular weight excluding hydrogens is 226 g/mol. The van der Waals surface area contributed by atoms with Gasteiger partial charge in [-0.1, -0.05) is 13.8 Å². The second-order valence-corrected chi connectivity index (χ2v) is 5.61. The number of rotatable bonds is 4. The van der Waals surface area contributed by atoms with Gasteiger partial charge in [0.15, 0.2) is 5.96 Å². The SMILES string of the molecule is CC(C)CN1C(N)=NCC1c1cnn(C(C)C)c1. The van der Waals surface area contributed by atoms with Gasteiger partial charge in [-0.25, -0.2) is 0 Å². The van der Waals surface area contributed by atoms with Gasteiger partial charge in [-0.3, -0.25) is 9.67 Å². The van der Waals surface area contributed by atoms with Crippen LogP contribution in [0.15, 0.2) is 17.4 Å². The van der Waals surface area contributed by atoms with E-state index >= 15 is 0 Å². The average Bonchev–Trinajstić information content (AvgIpc) is 2.86. The molecule has 0 aliphatic carbocycles. The number of aliphatic imine (C=N–C) groups is 1. The highest BCUT2D eigenvalue weighted by Gasteiger charge is 2.28. The molecule has 18 heavy (non-hydrogen) atoms. The summed E-state index contributed by atoms with van der Waals surface area (Å²) in [4.78, 5) is 6.55. The molecule has 0 saturated carbocycles. The molecule has 1 unspecified atom stereocenters. The first-order valence-electron chi connectivity index (χ1n) is 6.59. The van der Waals surface area contributed by atoms with Gasteiger partial charge < -0.3 is 10.6 Å². The Hall–Kier alpha value is -1.52. The molecule has 1 aliphatic rings. The minimum Gasteiger partial charge on any atom is -0.370 e. The summed E-state index contributed by atoms with van der Waals surface area (Å²) in [5.41, 5.74) is 7.17. The maximum Gasteiger partial charge on any atom is 0.191 e. The summed E-state index contributed by atoms with van der Waals surface area (Å²) in [5, 5.41) is 4.40. The fourth-order valence-electron chi connectivity index (χ4n) is 2.24. The van der Waals surface area contributed by atoms with Crippen LogP contribution in [0, 0.1) is 5.92 Å². The zero-order chi connectivity index (χ0) is 13.3. The predicted molar refractivity (Wildman–Crippen MR) is 73.4 cm³/mol. The van der Waals surface area contributed by atoms with Crippen molar-refractivity contribution in [1.29, 1.82) is 0 Å². The van der Waals surface area contributed by atoms with Crippen LogP contribution in [-0.2, 0) is 0 Å². The van der Waals surface area contributed by atoms with E-state index in [4.69, 9.17) is 5.73 Å². The van der Waals surface area contributed by atoms with Crippen molar-refractivity contribution in [2.24, 2.45) is 16.6 Å². The van der Waals surface area contributed by atoms with Gasteiger partial charge in [0.25, 0.3) is 0 Å². The summed E-state index contributed by atoms with van der Waals surface area (Å²) in [7, 11) is 0. The molecule has 5 nitrogen and oxygen atoms in total. The molecule has 100 valence electrons. The fourth-order valence-corrected chi connectivity index (χ4v) is 2.24. The Morgan fingerprint density at radius 3 is 2.67 bits per heavy atom. The first-order chi connectivity index (χ1) is 8.49. The van der Waals surface area contributed by atoms with Gasteiger partial charge in [-0.2, -0.15) is 5.10 Å². The molecule has 0 aromatic carbocycles. The second-order valence-electron chi connectivity index (χ2n) is 5.61. The molecule has 2 N–H and O–H groups in total. The maximum atomic E-state index is 5.97. The predicted octanol–water partition coefficient (Wildman–Crippen LogP) is 1.79. The number of hydrogen-bond donors (Lipinski definition) is 1. The quantitative estimate of drug-likeness (QED) is 0.885. The Bertz CT molecular complexity index is 432. The lowest BCUT2D eigenvalue weighted by Gasteiger charge is -2.27. The Labute approximate surface area is 109 Å². The number of hydrogen-bond acceptors (Lipinski definition) is 4. The van der Waals surface area contributed by atoms with Gasteiger partial charge in [0, 0.05) is 24.3 Å². The van der Waals surface area contributed by atoms with E-state index in [0.29, 0.717) is 17.9 Å². The monoisotopic (exact) mass is 249 g/mol. The van der Waals surface area contributed by atoms with E-state index in [2.05, 4.69) is 48.9 Å². The lowest BCUT2D eigenvalue weighted by atomic mass is 10.1. The van der Waals surface area contributed by atoms with Crippen LogP contribution >= 0.6 is 0 Å². The molecule has 0 saturated heterocycles. The minimum atomic E-state index is 0.250. The lowest BCUT2D eigenvalue weighted by molar-refractivity contribution is 0.309. The van der Waals surface area contributed by atoms with Crippen LogP contribution in [0.4, 0.5) is 0 Å². The molecule has 0 radical (unpaired) electrons. The molecule has 0 bridgehead atoms. The summed E-state index contributed by atoms with van der Waals surface area (Å²) in [6.07, 6.45) is 4.04. The molecule has 1 atom stereocenters. The molecule has 1 aromatic rings. The van der Waals surface area contributed by atoms with E-state index in [-0.39, 0.29) is 6.04 Å². The van der Waals surface area contributed by atoms with Crippen LogP contribution in [0.25, 0.3) is 0 Å². The zero-order valence-corrected chi connectivity index (χ0v) is 11.7. The standard InChI is InChI=1S/C13H23N5/c1-9(2)7-17-12(6-15-13(17)14)11-5-16-18(8-11)10(3)4/h5,8-10,12H,6-7H2,1-4H3,(H2,14,15). The van der Waals surface area contributed by atoms with Crippen LogP contribution in [0.3, 0.4) is 0 Å². The van der Waals surface area contributed by atoms with Crippen molar-refractivity contribution in [3.8, 4) is 0 Å². The molecule has 5 heteroatoms. The van der Waals surface area contributed by atoms with Gasteiger partial charge in [-0.05, 0) is 19.8 Å². The van der Waals surface area contributed by atoms with Crippen LogP contribution < -0.4 is 5.73 Å². The number of aromatic nitrogens is 2. The molecule has 0 fully saturated rings. The number of nitrogens with zero attached hydrogens (tertiary/aromatic N) is 4. The summed E-state index contributed by atoms with van der Waals surface area (Å²) < 4.78 is 1.98. The Morgan fingerprint density at radius 2 is 2.11 bits per heavy atom. The molecule has 1 aromatic heterocycles. The highest BCUT2D eigenvalue weighted by atomic mass is 15.3. The van der Waals surface area contributed by atoms with Gasteiger partial charge in [0.2, 0.25) is 0 Å². The van der Waals surface area contributed by atoms with Crippen LogP contribution in [0.1, 0.15) is 45.3 Å². The van der Waals surface area contributed by atoms with E-state index in [1.165, 1.54) is 5.56 Å². The Kier molecular flexibility index (Phi) is 3.59. The first kappa shape index (κ1) is 12.9. The number of nitrogens with two attached hydrogens (primary N) is 1. The maximum absolute atomic E-state index is 5.97. The van der Waals surface area contributed by atoms with Gasteiger partial charge in [0.1, 0.15) is 0 Å². The molecule has 0 spiro atoms. The van der Waals surface area contributed by atoms with Crippen LogP contribution in [0.5, 0.6) is 0 Å². The van der Waals surface area contributed by atoms with E-state index in [0.717, 1.165) is 13.1 Å². The van der Waals surface area contributed by atoms with E-state index in [1.807, 2.05) is 10.9 Å². The highest BCUT2D eigenvalue weighted by Crippen LogP contribution is 2.26. The minimum absolute atomic E-state index is 0.250. The summed E-state index contributed by atoms with van der Waals surface area (Å²) in [6.45, 7) is 10.3. The third-order valence-corrected chi connectivity index (χ3v) is 3.19. The van der Waals surface area contributed by atoms with Crippen molar-refractivity contribution < 1.29 is 0 Å². The fraction of sp³-hybridized carbons (Fsp3) is 0.692. The second kappa shape index (κ2) is 5.00. The van der Waals surface area contributed by atoms with Crippen molar-refractivity contribution in [2.45, 2.75) is 39.8 Å². The van der Waals surface area contributed by atoms with Crippen molar-refractivity contribution in [3.05, 3.63) is 18.0 Å². The molecule has 2 rings (SSSR count). The van der Waals surface area contributed by atoms with Crippen molar-refractivity contribution in [3.63, 3.8) is 0 Å². The topological polar surface area (TPSA) is 59.4 Å². The summed E-state index contributed by atoms with van der Waals surface area (Å²) in [5.74, 6) is 1.23. The van der Waals surface area contributed by atoms with E-state index < -0.39 is 0 Å². The smallest absolute Gasteiger partial charge is 0.191 e. The first-order valence-corrected chi connectivity index (χ1v) is 6.59. The normalized spacial score (nSPS) is 20.0. The third kappa shape index (κ3) is 2.49. The van der Waals surface area contributed by atoms with Crippen molar-refractivity contribution >= 4 is 5.96 Å². The molecule has 0 amide bonds.